The number of carbonyl (C=O) groups is 1. The fourth-order valence-electron chi connectivity index (χ4n) is 4.26. The van der Waals surface area contributed by atoms with Gasteiger partial charge in [-0.05, 0) is 56.5 Å². The van der Waals surface area contributed by atoms with E-state index in [-0.39, 0.29) is 17.2 Å². The molecule has 5 nitrogen and oxygen atoms in total. The van der Waals surface area contributed by atoms with E-state index < -0.39 is 19.5 Å². The third kappa shape index (κ3) is 6.88. The Hall–Kier alpha value is -1.86. The van der Waals surface area contributed by atoms with Crippen LogP contribution in [-0.2, 0) is 11.3 Å². The van der Waals surface area contributed by atoms with Gasteiger partial charge in [-0.25, -0.2) is 9.18 Å². The molecule has 1 aromatic carbocycles. The maximum atomic E-state index is 13.7. The van der Waals surface area contributed by atoms with Crippen molar-refractivity contribution in [2.24, 2.45) is 0 Å². The summed E-state index contributed by atoms with van der Waals surface area (Å²) in [6.45, 7) is 18.7. The molecule has 1 amide bonds. The Balaban J connectivity index is 1.81. The first-order chi connectivity index (χ1) is 16.1. The topological polar surface area (TPSA) is 47.4 Å². The number of aromatic nitrogens is 2. The van der Waals surface area contributed by atoms with Crippen molar-refractivity contribution in [1.82, 2.24) is 14.7 Å². The summed E-state index contributed by atoms with van der Waals surface area (Å²) >= 11 is 6.02. The van der Waals surface area contributed by atoms with Crippen molar-refractivity contribution in [3.05, 3.63) is 40.8 Å². The number of unbranched alkanes of at least 4 members (excludes halogenated alkanes) is 1. The second-order valence-corrected chi connectivity index (χ2v) is 18.7. The number of fused-ring (bicyclic) bond motifs is 1. The molecule has 194 valence electrons. The molecule has 2 aromatic rings. The summed E-state index contributed by atoms with van der Waals surface area (Å²) < 4.78 is 21.4. The molecular weight excluding hydrogens is 481 g/mol. The first-order valence-corrected chi connectivity index (χ1v) is 16.2. The second kappa shape index (κ2) is 10.2. The van der Waals surface area contributed by atoms with Crippen LogP contribution in [0.3, 0.4) is 0 Å². The molecule has 0 spiro atoms. The van der Waals surface area contributed by atoms with Crippen LogP contribution in [0.15, 0.2) is 24.3 Å². The Kier molecular flexibility index (Phi) is 8.12. The molecule has 0 fully saturated rings. The molecule has 0 N–H and O–H groups in total. The Morgan fingerprint density at radius 1 is 1.17 bits per heavy atom. The highest BCUT2D eigenvalue weighted by Gasteiger charge is 2.35. The molecule has 2 heterocycles. The van der Waals surface area contributed by atoms with E-state index in [0.29, 0.717) is 18.1 Å². The van der Waals surface area contributed by atoms with Crippen LogP contribution < -0.4 is 0 Å². The standard InChI is InChI=1S/C27H41ClFN3O2Si/c1-26(2,3)34-25(33)31-17-20(11-9-10-14-35(7,8)27(4,5)6)32-21(18-31)16-24(30-32)19-12-13-23(29)22(28)15-19/h12-13,15-16,20H,9-11,14,17-18H2,1-8H3. The molecule has 0 saturated heterocycles. The van der Waals surface area contributed by atoms with Crippen molar-refractivity contribution < 1.29 is 13.9 Å². The quantitative estimate of drug-likeness (QED) is 0.283. The minimum Gasteiger partial charge on any atom is -0.444 e. The van der Waals surface area contributed by atoms with E-state index in [1.54, 1.807) is 17.0 Å². The number of nitrogens with zero attached hydrogens (tertiary/aromatic N) is 3. The predicted molar refractivity (Wildman–Crippen MR) is 144 cm³/mol. The number of halogens is 2. The number of ether oxygens (including phenoxy) is 1. The van der Waals surface area contributed by atoms with Gasteiger partial charge in [-0.2, -0.15) is 5.10 Å². The molecule has 0 aliphatic carbocycles. The van der Waals surface area contributed by atoms with Crippen LogP contribution in [-0.4, -0.2) is 41.0 Å². The normalized spacial score (nSPS) is 16.9. The first kappa shape index (κ1) is 27.7. The lowest BCUT2D eigenvalue weighted by Crippen LogP contribution is -2.43. The van der Waals surface area contributed by atoms with Crippen molar-refractivity contribution in [2.45, 2.75) is 103 Å². The van der Waals surface area contributed by atoms with Crippen LogP contribution in [0.25, 0.3) is 11.3 Å². The molecule has 0 bridgehead atoms. The Morgan fingerprint density at radius 2 is 1.86 bits per heavy atom. The molecule has 0 saturated carbocycles. The second-order valence-electron chi connectivity index (χ2n) is 12.5. The van der Waals surface area contributed by atoms with Crippen LogP contribution in [0.4, 0.5) is 9.18 Å². The first-order valence-electron chi connectivity index (χ1n) is 12.6. The number of rotatable bonds is 6. The van der Waals surface area contributed by atoms with Gasteiger partial charge in [0.05, 0.1) is 37.1 Å². The van der Waals surface area contributed by atoms with E-state index in [2.05, 4.69) is 38.5 Å². The van der Waals surface area contributed by atoms with Gasteiger partial charge in [-0.1, -0.05) is 64.4 Å². The molecular formula is C27H41ClFN3O2Si. The van der Waals surface area contributed by atoms with Crippen LogP contribution in [0.5, 0.6) is 0 Å². The third-order valence-corrected chi connectivity index (χ3v) is 13.4. The number of hydrogen-bond donors (Lipinski definition) is 0. The van der Waals surface area contributed by atoms with Gasteiger partial charge in [-0.3, -0.25) is 4.68 Å². The van der Waals surface area contributed by atoms with Gasteiger partial charge in [0, 0.05) is 12.1 Å². The minimum atomic E-state index is -1.32. The lowest BCUT2D eigenvalue weighted by atomic mass is 10.1. The molecule has 0 radical (unpaired) electrons. The third-order valence-electron chi connectivity index (χ3n) is 7.43. The number of amides is 1. The molecule has 3 rings (SSSR count). The molecule has 35 heavy (non-hydrogen) atoms. The highest BCUT2D eigenvalue weighted by molar-refractivity contribution is 6.80. The maximum Gasteiger partial charge on any atom is 0.410 e. The van der Waals surface area contributed by atoms with Gasteiger partial charge in [0.25, 0.3) is 0 Å². The fraction of sp³-hybridized carbons (Fsp3) is 0.630. The van der Waals surface area contributed by atoms with E-state index in [1.165, 1.54) is 18.5 Å². The molecule has 1 atom stereocenters. The minimum absolute atomic E-state index is 0.0651. The lowest BCUT2D eigenvalue weighted by molar-refractivity contribution is 0.0154. The Labute approximate surface area is 216 Å². The van der Waals surface area contributed by atoms with Crippen molar-refractivity contribution >= 4 is 25.8 Å². The summed E-state index contributed by atoms with van der Waals surface area (Å²) in [7, 11) is -1.32. The van der Waals surface area contributed by atoms with Gasteiger partial charge < -0.3 is 9.64 Å². The van der Waals surface area contributed by atoms with Gasteiger partial charge >= 0.3 is 6.09 Å². The number of benzene rings is 1. The summed E-state index contributed by atoms with van der Waals surface area (Å²) in [5.41, 5.74) is 1.90. The highest BCUT2D eigenvalue weighted by Crippen LogP contribution is 2.40. The summed E-state index contributed by atoms with van der Waals surface area (Å²) in [5, 5.41) is 5.33. The van der Waals surface area contributed by atoms with Crippen LogP contribution >= 0.6 is 11.6 Å². The van der Waals surface area contributed by atoms with Gasteiger partial charge in [0.15, 0.2) is 0 Å². The SMILES string of the molecule is CC(C)(C)OC(=O)N1Cc2cc(-c3ccc(F)c(Cl)c3)nn2C(CCCC[Si](C)(C)C(C)(C)C)C1. The molecule has 1 unspecified atom stereocenters. The van der Waals surface area contributed by atoms with Crippen LogP contribution in [0.1, 0.15) is 72.5 Å². The number of hydrogen-bond acceptors (Lipinski definition) is 3. The van der Waals surface area contributed by atoms with Gasteiger partial charge in [0.2, 0.25) is 0 Å². The average Bonchev–Trinajstić information content (AvgIpc) is 3.15. The predicted octanol–water partition coefficient (Wildman–Crippen LogP) is 8.31. The molecule has 1 aliphatic rings. The van der Waals surface area contributed by atoms with Gasteiger partial charge in [-0.15, -0.1) is 0 Å². The Morgan fingerprint density at radius 3 is 2.46 bits per heavy atom. The van der Waals surface area contributed by atoms with Gasteiger partial charge in [0.1, 0.15) is 11.4 Å². The summed E-state index contributed by atoms with van der Waals surface area (Å²) in [4.78, 5) is 14.7. The van der Waals surface area contributed by atoms with E-state index in [4.69, 9.17) is 21.4 Å². The zero-order valence-corrected chi connectivity index (χ0v) is 24.3. The Bertz CT molecular complexity index is 1060. The summed E-state index contributed by atoms with van der Waals surface area (Å²) in [6, 6.07) is 7.98. The van der Waals surface area contributed by atoms with E-state index in [0.717, 1.165) is 29.8 Å². The van der Waals surface area contributed by atoms with Crippen molar-refractivity contribution in [2.75, 3.05) is 6.54 Å². The summed E-state index contributed by atoms with van der Waals surface area (Å²) in [5.74, 6) is -0.449. The maximum absolute atomic E-state index is 13.7. The number of carbonyl (C=O) groups excluding carboxylic acids is 1. The van der Waals surface area contributed by atoms with Crippen molar-refractivity contribution in [3.8, 4) is 11.3 Å². The molecule has 1 aliphatic heterocycles. The van der Waals surface area contributed by atoms with E-state index in [9.17, 15) is 9.18 Å². The largest absolute Gasteiger partial charge is 0.444 e. The smallest absolute Gasteiger partial charge is 0.410 e. The van der Waals surface area contributed by atoms with Crippen LogP contribution in [0, 0.1) is 5.82 Å². The lowest BCUT2D eigenvalue weighted by Gasteiger charge is -2.37. The van der Waals surface area contributed by atoms with E-state index in [1.807, 2.05) is 26.8 Å². The molecule has 8 heteroatoms. The average molecular weight is 522 g/mol. The van der Waals surface area contributed by atoms with Crippen LogP contribution in [0.2, 0.25) is 29.2 Å². The van der Waals surface area contributed by atoms with Crippen molar-refractivity contribution in [3.63, 3.8) is 0 Å². The van der Waals surface area contributed by atoms with E-state index >= 15 is 0 Å². The van der Waals surface area contributed by atoms with Crippen molar-refractivity contribution in [1.29, 1.82) is 0 Å². The zero-order chi connectivity index (χ0) is 26.2. The summed E-state index contributed by atoms with van der Waals surface area (Å²) in [6.07, 6.45) is 2.89. The zero-order valence-electron chi connectivity index (χ0n) is 22.5. The fourth-order valence-corrected chi connectivity index (χ4v) is 6.32. The highest BCUT2D eigenvalue weighted by atomic mass is 35.5. The monoisotopic (exact) mass is 521 g/mol. The molecule has 1 aromatic heterocycles.